The zero-order valence-corrected chi connectivity index (χ0v) is 14.7. The molecule has 0 aromatic carbocycles. The molecule has 1 rings (SSSR count). The van der Waals surface area contributed by atoms with E-state index in [-0.39, 0.29) is 12.1 Å². The summed E-state index contributed by atoms with van der Waals surface area (Å²) in [5.41, 5.74) is -0.434. The van der Waals surface area contributed by atoms with Gasteiger partial charge in [0.05, 0.1) is 0 Å². The fourth-order valence-electron chi connectivity index (χ4n) is 3.05. The lowest BCUT2D eigenvalue weighted by atomic mass is 10.0. The van der Waals surface area contributed by atoms with Gasteiger partial charge in [-0.2, -0.15) is 0 Å². The maximum atomic E-state index is 12.2. The highest BCUT2D eigenvalue weighted by atomic mass is 16.6. The van der Waals surface area contributed by atoms with E-state index in [2.05, 4.69) is 12.2 Å². The summed E-state index contributed by atoms with van der Waals surface area (Å²) in [6, 6.07) is 0.787. The van der Waals surface area contributed by atoms with Gasteiger partial charge in [-0.05, 0) is 53.4 Å². The van der Waals surface area contributed by atoms with Crippen molar-refractivity contribution in [1.29, 1.82) is 0 Å². The van der Waals surface area contributed by atoms with Crippen LogP contribution in [0, 0.1) is 5.92 Å². The second-order valence-electron chi connectivity index (χ2n) is 7.43. The standard InChI is InChI=1S/C17H34N2O2/c1-7-14-9-8-10-15(14)18-11-12-19(13(2)3)16(20)21-17(4,5)6/h13-15,18H,7-12H2,1-6H3. The van der Waals surface area contributed by atoms with Crippen LogP contribution in [0.5, 0.6) is 0 Å². The van der Waals surface area contributed by atoms with Crippen LogP contribution in [0.15, 0.2) is 0 Å². The van der Waals surface area contributed by atoms with Crippen LogP contribution in [-0.2, 0) is 4.74 Å². The Kier molecular flexibility index (Phi) is 6.98. The minimum absolute atomic E-state index is 0.159. The number of ether oxygens (including phenoxy) is 1. The van der Waals surface area contributed by atoms with Gasteiger partial charge in [0.25, 0.3) is 0 Å². The smallest absolute Gasteiger partial charge is 0.410 e. The largest absolute Gasteiger partial charge is 0.444 e. The Hall–Kier alpha value is -0.770. The van der Waals surface area contributed by atoms with Crippen molar-refractivity contribution in [1.82, 2.24) is 10.2 Å². The van der Waals surface area contributed by atoms with Crippen molar-refractivity contribution in [3.8, 4) is 0 Å². The summed E-state index contributed by atoms with van der Waals surface area (Å²) in [4.78, 5) is 14.0. The lowest BCUT2D eigenvalue weighted by molar-refractivity contribution is 0.0191. The Balaban J connectivity index is 2.43. The highest BCUT2D eigenvalue weighted by Gasteiger charge is 2.27. The van der Waals surface area contributed by atoms with Gasteiger partial charge in [-0.3, -0.25) is 0 Å². The van der Waals surface area contributed by atoms with E-state index in [4.69, 9.17) is 4.74 Å². The first kappa shape index (κ1) is 18.3. The minimum atomic E-state index is -0.434. The van der Waals surface area contributed by atoms with E-state index in [1.807, 2.05) is 39.5 Å². The molecule has 1 aliphatic rings. The molecule has 4 nitrogen and oxygen atoms in total. The van der Waals surface area contributed by atoms with Crippen LogP contribution in [0.4, 0.5) is 4.79 Å². The number of rotatable bonds is 6. The van der Waals surface area contributed by atoms with E-state index < -0.39 is 5.60 Å². The van der Waals surface area contributed by atoms with Gasteiger partial charge in [0, 0.05) is 25.2 Å². The summed E-state index contributed by atoms with van der Waals surface area (Å²) in [7, 11) is 0. The molecule has 0 spiro atoms. The maximum Gasteiger partial charge on any atom is 0.410 e. The van der Waals surface area contributed by atoms with Crippen molar-refractivity contribution in [2.75, 3.05) is 13.1 Å². The Morgan fingerprint density at radius 1 is 1.33 bits per heavy atom. The number of carbonyl (C=O) groups excluding carboxylic acids is 1. The van der Waals surface area contributed by atoms with E-state index >= 15 is 0 Å². The molecule has 4 heteroatoms. The summed E-state index contributed by atoms with van der Waals surface area (Å²) in [6.45, 7) is 13.6. The monoisotopic (exact) mass is 298 g/mol. The van der Waals surface area contributed by atoms with E-state index in [0.29, 0.717) is 12.6 Å². The molecule has 1 aliphatic carbocycles. The van der Waals surface area contributed by atoms with E-state index in [0.717, 1.165) is 12.5 Å². The second-order valence-corrected chi connectivity index (χ2v) is 7.43. The highest BCUT2D eigenvalue weighted by Crippen LogP contribution is 2.27. The molecule has 21 heavy (non-hydrogen) atoms. The van der Waals surface area contributed by atoms with Gasteiger partial charge in [-0.1, -0.05) is 19.8 Å². The number of hydrogen-bond acceptors (Lipinski definition) is 3. The predicted octanol–water partition coefficient (Wildman–Crippen LogP) is 3.80. The van der Waals surface area contributed by atoms with Crippen molar-refractivity contribution in [2.45, 2.75) is 84.9 Å². The average molecular weight is 298 g/mol. The first-order valence-corrected chi connectivity index (χ1v) is 8.47. The normalized spacial score (nSPS) is 22.6. The molecule has 0 aromatic rings. The zero-order chi connectivity index (χ0) is 16.0. The fraction of sp³-hybridized carbons (Fsp3) is 0.941. The summed E-state index contributed by atoms with van der Waals surface area (Å²) in [6.07, 6.45) is 4.98. The Morgan fingerprint density at radius 3 is 2.52 bits per heavy atom. The van der Waals surface area contributed by atoms with Crippen LogP contribution in [0.3, 0.4) is 0 Å². The van der Waals surface area contributed by atoms with Crippen molar-refractivity contribution in [3.63, 3.8) is 0 Å². The topological polar surface area (TPSA) is 41.6 Å². The summed E-state index contributed by atoms with van der Waals surface area (Å²) < 4.78 is 5.49. The molecule has 2 atom stereocenters. The van der Waals surface area contributed by atoms with Crippen LogP contribution in [0.25, 0.3) is 0 Å². The fourth-order valence-corrected chi connectivity index (χ4v) is 3.05. The molecule has 124 valence electrons. The predicted molar refractivity (Wildman–Crippen MR) is 87.5 cm³/mol. The van der Waals surface area contributed by atoms with Crippen LogP contribution < -0.4 is 5.32 Å². The lowest BCUT2D eigenvalue weighted by Gasteiger charge is -2.31. The molecule has 0 saturated heterocycles. The number of hydrogen-bond donors (Lipinski definition) is 1. The summed E-state index contributed by atoms with van der Waals surface area (Å²) in [5.74, 6) is 0.805. The third-order valence-corrected chi connectivity index (χ3v) is 4.19. The summed E-state index contributed by atoms with van der Waals surface area (Å²) >= 11 is 0. The lowest BCUT2D eigenvalue weighted by Crippen LogP contribution is -2.45. The quantitative estimate of drug-likeness (QED) is 0.811. The molecule has 1 N–H and O–H groups in total. The number of nitrogens with one attached hydrogen (secondary N) is 1. The van der Waals surface area contributed by atoms with Gasteiger partial charge in [-0.15, -0.1) is 0 Å². The molecule has 0 bridgehead atoms. The van der Waals surface area contributed by atoms with Crippen LogP contribution >= 0.6 is 0 Å². The second kappa shape index (κ2) is 8.02. The number of amides is 1. The van der Waals surface area contributed by atoms with Crippen molar-refractivity contribution < 1.29 is 9.53 Å². The van der Waals surface area contributed by atoms with Crippen LogP contribution in [0.2, 0.25) is 0 Å². The first-order chi connectivity index (χ1) is 9.74. The first-order valence-electron chi connectivity index (χ1n) is 8.47. The zero-order valence-electron chi connectivity index (χ0n) is 14.7. The van der Waals surface area contributed by atoms with Gasteiger partial charge in [0.1, 0.15) is 5.60 Å². The number of nitrogens with zero attached hydrogens (tertiary/aromatic N) is 1. The molecule has 1 amide bonds. The van der Waals surface area contributed by atoms with Crippen molar-refractivity contribution in [2.24, 2.45) is 5.92 Å². The third kappa shape index (κ3) is 6.25. The SMILES string of the molecule is CCC1CCCC1NCCN(C(=O)OC(C)(C)C)C(C)C. The van der Waals surface area contributed by atoms with Gasteiger partial charge < -0.3 is 15.0 Å². The molecular formula is C17H34N2O2. The third-order valence-electron chi connectivity index (χ3n) is 4.19. The van der Waals surface area contributed by atoms with Crippen molar-refractivity contribution >= 4 is 6.09 Å². The van der Waals surface area contributed by atoms with Crippen LogP contribution in [0.1, 0.15) is 67.2 Å². The Morgan fingerprint density at radius 2 is 2.00 bits per heavy atom. The molecular weight excluding hydrogens is 264 g/mol. The van der Waals surface area contributed by atoms with E-state index in [1.54, 1.807) is 0 Å². The molecule has 0 aliphatic heterocycles. The molecule has 0 radical (unpaired) electrons. The minimum Gasteiger partial charge on any atom is -0.444 e. The van der Waals surface area contributed by atoms with Gasteiger partial charge >= 0.3 is 6.09 Å². The van der Waals surface area contributed by atoms with Crippen LogP contribution in [-0.4, -0.2) is 41.8 Å². The molecule has 0 aromatic heterocycles. The van der Waals surface area contributed by atoms with Gasteiger partial charge in [-0.25, -0.2) is 4.79 Å². The van der Waals surface area contributed by atoms with Gasteiger partial charge in [0.15, 0.2) is 0 Å². The van der Waals surface area contributed by atoms with Crippen molar-refractivity contribution in [3.05, 3.63) is 0 Å². The maximum absolute atomic E-state index is 12.2. The van der Waals surface area contributed by atoms with E-state index in [9.17, 15) is 4.79 Å². The Bertz CT molecular complexity index is 323. The number of carbonyl (C=O) groups is 1. The average Bonchev–Trinajstić information content (AvgIpc) is 2.79. The highest BCUT2D eigenvalue weighted by molar-refractivity contribution is 5.68. The van der Waals surface area contributed by atoms with Gasteiger partial charge in [0.2, 0.25) is 0 Å². The summed E-state index contributed by atoms with van der Waals surface area (Å²) in [5, 5.41) is 3.64. The van der Waals surface area contributed by atoms with E-state index in [1.165, 1.54) is 25.7 Å². The molecule has 2 unspecified atom stereocenters. The Labute approximate surface area is 130 Å². The molecule has 1 fully saturated rings. The molecule has 1 saturated carbocycles. The molecule has 0 heterocycles.